The molecule has 0 spiro atoms. The van der Waals surface area contributed by atoms with E-state index in [0.29, 0.717) is 6.42 Å². The average Bonchev–Trinajstić information content (AvgIpc) is 2.82. The van der Waals surface area contributed by atoms with Crippen molar-refractivity contribution in [2.24, 2.45) is 5.92 Å². The number of nitrogens with zero attached hydrogens (tertiary/aromatic N) is 1. The third-order valence-electron chi connectivity index (χ3n) is 6.30. The zero-order valence-corrected chi connectivity index (χ0v) is 16.6. The van der Waals surface area contributed by atoms with Crippen molar-refractivity contribution in [1.82, 2.24) is 5.32 Å². The van der Waals surface area contributed by atoms with Crippen LogP contribution in [0.2, 0.25) is 0 Å². The quantitative estimate of drug-likeness (QED) is 0.739. The summed E-state index contributed by atoms with van der Waals surface area (Å²) < 4.78 is 0. The first-order valence-electron chi connectivity index (χ1n) is 11.1. The zero-order valence-electron chi connectivity index (χ0n) is 16.6. The molecule has 0 heterocycles. The van der Waals surface area contributed by atoms with E-state index in [1.807, 2.05) is 0 Å². The predicted octanol–water partition coefficient (Wildman–Crippen LogP) is 5.26. The van der Waals surface area contributed by atoms with Crippen molar-refractivity contribution in [3.05, 3.63) is 34.9 Å². The van der Waals surface area contributed by atoms with E-state index < -0.39 is 6.04 Å². The number of benzene rings is 1. The van der Waals surface area contributed by atoms with Gasteiger partial charge in [-0.05, 0) is 55.2 Å². The first-order chi connectivity index (χ1) is 13.3. The summed E-state index contributed by atoms with van der Waals surface area (Å²) in [4.78, 5) is 12.8. The van der Waals surface area contributed by atoms with Gasteiger partial charge in [-0.2, -0.15) is 5.26 Å². The van der Waals surface area contributed by atoms with Crippen molar-refractivity contribution < 1.29 is 4.79 Å². The molecule has 1 atom stereocenters. The molecule has 1 fully saturated rings. The maximum Gasteiger partial charge on any atom is 0.224 e. The highest BCUT2D eigenvalue weighted by Gasteiger charge is 2.22. The highest BCUT2D eigenvalue weighted by Crippen LogP contribution is 2.24. The molecule has 1 aromatic rings. The van der Waals surface area contributed by atoms with E-state index in [2.05, 4.69) is 29.6 Å². The Morgan fingerprint density at radius 3 is 2.30 bits per heavy atom. The van der Waals surface area contributed by atoms with Gasteiger partial charge < -0.3 is 5.32 Å². The molecule has 1 unspecified atom stereocenters. The van der Waals surface area contributed by atoms with Gasteiger partial charge >= 0.3 is 0 Å². The fraction of sp³-hybridized carbons (Fsp3) is 0.667. The summed E-state index contributed by atoms with van der Waals surface area (Å²) in [5, 5.41) is 12.6. The van der Waals surface area contributed by atoms with E-state index in [0.717, 1.165) is 32.1 Å². The molecule has 3 nitrogen and oxygen atoms in total. The second kappa shape index (κ2) is 10.5. The standard InChI is InChI=1S/C24H34N2O/c25-18-23(26-24(27)21-11-6-3-1-2-4-7-12-21)17-19-14-15-20-10-8-5-9-13-22(20)16-19/h14-16,21,23H,1-13,17H2,(H,26,27). The molecule has 0 bridgehead atoms. The summed E-state index contributed by atoms with van der Waals surface area (Å²) in [7, 11) is 0. The van der Waals surface area contributed by atoms with Crippen LogP contribution in [0.5, 0.6) is 0 Å². The Kier molecular flexibility index (Phi) is 7.75. The number of hydrogen-bond acceptors (Lipinski definition) is 2. The van der Waals surface area contributed by atoms with Crippen LogP contribution in [0.1, 0.15) is 87.3 Å². The number of carbonyl (C=O) groups excluding carboxylic acids is 1. The topological polar surface area (TPSA) is 52.9 Å². The van der Waals surface area contributed by atoms with Crippen molar-refractivity contribution in [3.8, 4) is 6.07 Å². The second-order valence-electron chi connectivity index (χ2n) is 8.45. The number of nitriles is 1. The van der Waals surface area contributed by atoms with Crippen LogP contribution in [0, 0.1) is 17.2 Å². The first-order valence-corrected chi connectivity index (χ1v) is 11.1. The molecule has 3 rings (SSSR count). The molecule has 2 aliphatic carbocycles. The van der Waals surface area contributed by atoms with Crippen LogP contribution in [0.15, 0.2) is 18.2 Å². The van der Waals surface area contributed by atoms with E-state index in [1.165, 1.54) is 68.1 Å². The largest absolute Gasteiger partial charge is 0.340 e. The number of fused-ring (bicyclic) bond motifs is 1. The van der Waals surface area contributed by atoms with Crippen LogP contribution < -0.4 is 5.32 Å². The van der Waals surface area contributed by atoms with Crippen LogP contribution >= 0.6 is 0 Å². The minimum absolute atomic E-state index is 0.0889. The van der Waals surface area contributed by atoms with Crippen LogP contribution in [0.4, 0.5) is 0 Å². The lowest BCUT2D eigenvalue weighted by Crippen LogP contribution is -2.39. The molecule has 1 amide bonds. The summed E-state index contributed by atoms with van der Waals surface area (Å²) in [6.45, 7) is 0. The Labute approximate surface area is 164 Å². The van der Waals surface area contributed by atoms with Crippen LogP contribution in [-0.2, 0) is 24.1 Å². The van der Waals surface area contributed by atoms with Gasteiger partial charge in [0.05, 0.1) is 6.07 Å². The van der Waals surface area contributed by atoms with Gasteiger partial charge in [0, 0.05) is 12.3 Å². The monoisotopic (exact) mass is 366 g/mol. The van der Waals surface area contributed by atoms with Crippen molar-refractivity contribution in [2.45, 2.75) is 95.9 Å². The molecular formula is C24H34N2O. The lowest BCUT2D eigenvalue weighted by Gasteiger charge is -2.19. The smallest absolute Gasteiger partial charge is 0.224 e. The fourth-order valence-electron chi connectivity index (χ4n) is 4.64. The molecule has 146 valence electrons. The third-order valence-corrected chi connectivity index (χ3v) is 6.30. The van der Waals surface area contributed by atoms with Crippen LogP contribution in [0.25, 0.3) is 0 Å². The van der Waals surface area contributed by atoms with Crippen molar-refractivity contribution in [3.63, 3.8) is 0 Å². The van der Waals surface area contributed by atoms with Gasteiger partial charge in [0.15, 0.2) is 0 Å². The van der Waals surface area contributed by atoms with Gasteiger partial charge in [-0.25, -0.2) is 0 Å². The van der Waals surface area contributed by atoms with Crippen LogP contribution in [-0.4, -0.2) is 11.9 Å². The van der Waals surface area contributed by atoms with Gasteiger partial charge in [-0.15, -0.1) is 0 Å². The van der Waals surface area contributed by atoms with E-state index >= 15 is 0 Å². The average molecular weight is 367 g/mol. The number of amides is 1. The molecule has 0 aliphatic heterocycles. The van der Waals surface area contributed by atoms with Gasteiger partial charge in [-0.1, -0.05) is 63.1 Å². The minimum Gasteiger partial charge on any atom is -0.340 e. The van der Waals surface area contributed by atoms with Gasteiger partial charge in [0.2, 0.25) is 5.91 Å². The Balaban J connectivity index is 1.59. The number of rotatable bonds is 4. The molecule has 27 heavy (non-hydrogen) atoms. The number of hydrogen-bond donors (Lipinski definition) is 1. The Hall–Kier alpha value is -1.82. The highest BCUT2D eigenvalue weighted by atomic mass is 16.1. The molecule has 3 heteroatoms. The fourth-order valence-corrected chi connectivity index (χ4v) is 4.64. The van der Waals surface area contributed by atoms with Gasteiger partial charge in [0.1, 0.15) is 6.04 Å². The van der Waals surface area contributed by atoms with Crippen molar-refractivity contribution in [1.29, 1.82) is 5.26 Å². The number of carbonyl (C=O) groups is 1. The van der Waals surface area contributed by atoms with E-state index in [-0.39, 0.29) is 11.8 Å². The van der Waals surface area contributed by atoms with E-state index in [1.54, 1.807) is 0 Å². The maximum absolute atomic E-state index is 12.8. The summed E-state index contributed by atoms with van der Waals surface area (Å²) in [6, 6.07) is 8.57. The SMILES string of the molecule is N#CC(Cc1ccc2c(c1)CCCCC2)NC(=O)C1CCCCCCCC1. The van der Waals surface area contributed by atoms with Crippen molar-refractivity contribution in [2.75, 3.05) is 0 Å². The number of nitrogens with one attached hydrogen (secondary N) is 1. The summed E-state index contributed by atoms with van der Waals surface area (Å²) in [6.07, 6.45) is 16.1. The molecule has 0 saturated heterocycles. The Bertz CT molecular complexity index is 651. The molecule has 1 saturated carbocycles. The second-order valence-corrected chi connectivity index (χ2v) is 8.45. The molecule has 1 aromatic carbocycles. The minimum atomic E-state index is -0.422. The molecule has 0 radical (unpaired) electrons. The van der Waals surface area contributed by atoms with E-state index in [9.17, 15) is 10.1 Å². The first kappa shape index (κ1) is 19.9. The summed E-state index contributed by atoms with van der Waals surface area (Å²) in [5.41, 5.74) is 4.10. The lowest BCUT2D eigenvalue weighted by molar-refractivity contribution is -0.125. The molecular weight excluding hydrogens is 332 g/mol. The predicted molar refractivity (Wildman–Crippen MR) is 109 cm³/mol. The van der Waals surface area contributed by atoms with Crippen LogP contribution in [0.3, 0.4) is 0 Å². The molecule has 2 aliphatic rings. The maximum atomic E-state index is 12.8. The Morgan fingerprint density at radius 2 is 1.59 bits per heavy atom. The van der Waals surface area contributed by atoms with Gasteiger partial charge in [0.25, 0.3) is 0 Å². The molecule has 1 N–H and O–H groups in total. The normalized spacial score (nSPS) is 20.1. The summed E-state index contributed by atoms with van der Waals surface area (Å²) in [5.74, 6) is 0.184. The Morgan fingerprint density at radius 1 is 0.963 bits per heavy atom. The molecule has 0 aromatic heterocycles. The summed E-state index contributed by atoms with van der Waals surface area (Å²) >= 11 is 0. The lowest BCUT2D eigenvalue weighted by atomic mass is 9.94. The van der Waals surface area contributed by atoms with Gasteiger partial charge in [-0.3, -0.25) is 4.79 Å². The van der Waals surface area contributed by atoms with Crippen molar-refractivity contribution >= 4 is 5.91 Å². The highest BCUT2D eigenvalue weighted by molar-refractivity contribution is 5.79. The number of aryl methyl sites for hydroxylation is 2. The zero-order chi connectivity index (χ0) is 18.9. The van der Waals surface area contributed by atoms with E-state index in [4.69, 9.17) is 0 Å². The third kappa shape index (κ3) is 6.09.